The van der Waals surface area contributed by atoms with Crippen LogP contribution < -0.4 is 5.32 Å². The monoisotopic (exact) mass is 291 g/mol. The molecule has 1 aromatic carbocycles. The molecule has 20 heavy (non-hydrogen) atoms. The summed E-state index contributed by atoms with van der Waals surface area (Å²) in [4.78, 5) is 0. The van der Waals surface area contributed by atoms with Gasteiger partial charge in [0.25, 0.3) is 0 Å². The summed E-state index contributed by atoms with van der Waals surface area (Å²) in [7, 11) is 0. The Balaban J connectivity index is 1.78. The minimum atomic E-state index is 0.359. The molecule has 1 N–H and O–H groups in total. The molecule has 0 aliphatic heterocycles. The molecule has 0 amide bonds. The zero-order valence-corrected chi connectivity index (χ0v) is 13.3. The molecule has 110 valence electrons. The van der Waals surface area contributed by atoms with Crippen molar-refractivity contribution in [1.29, 1.82) is 0 Å². The van der Waals surface area contributed by atoms with Crippen molar-refractivity contribution < 1.29 is 0 Å². The van der Waals surface area contributed by atoms with Crippen LogP contribution in [0.5, 0.6) is 0 Å². The Morgan fingerprint density at radius 1 is 1.05 bits per heavy atom. The maximum atomic E-state index is 6.05. The van der Waals surface area contributed by atoms with E-state index in [1.165, 1.54) is 50.5 Å². The van der Waals surface area contributed by atoms with Gasteiger partial charge in [0.2, 0.25) is 0 Å². The number of halogens is 1. The highest BCUT2D eigenvalue weighted by atomic mass is 35.5. The van der Waals surface area contributed by atoms with E-state index >= 15 is 0 Å². The predicted octanol–water partition coefficient (Wildman–Crippen LogP) is 4.93. The molecule has 2 aliphatic rings. The van der Waals surface area contributed by atoms with Gasteiger partial charge in [-0.2, -0.15) is 0 Å². The molecule has 0 heterocycles. The molecule has 2 fully saturated rings. The van der Waals surface area contributed by atoms with Gasteiger partial charge in [-0.1, -0.05) is 49.9 Å². The predicted molar refractivity (Wildman–Crippen MR) is 86.4 cm³/mol. The smallest absolute Gasteiger partial charge is 0.0406 e. The molecule has 0 atom stereocenters. The molecular weight excluding hydrogens is 266 g/mol. The maximum absolute atomic E-state index is 6.05. The van der Waals surface area contributed by atoms with Gasteiger partial charge >= 0.3 is 0 Å². The van der Waals surface area contributed by atoms with E-state index in [0.717, 1.165) is 18.1 Å². The van der Waals surface area contributed by atoms with Crippen LogP contribution >= 0.6 is 11.6 Å². The van der Waals surface area contributed by atoms with Crippen LogP contribution in [0, 0.1) is 5.41 Å². The number of hydrogen-bond acceptors (Lipinski definition) is 1. The average molecular weight is 292 g/mol. The van der Waals surface area contributed by atoms with E-state index in [4.69, 9.17) is 11.6 Å². The summed E-state index contributed by atoms with van der Waals surface area (Å²) >= 11 is 6.05. The minimum absolute atomic E-state index is 0.359. The van der Waals surface area contributed by atoms with Gasteiger partial charge in [-0.3, -0.25) is 0 Å². The Labute approximate surface area is 128 Å². The van der Waals surface area contributed by atoms with Crippen LogP contribution in [0.15, 0.2) is 24.3 Å². The average Bonchev–Trinajstić information content (AvgIpc) is 2.44. The number of nitrogens with one attached hydrogen (secondary N) is 1. The zero-order chi connectivity index (χ0) is 14.1. The lowest BCUT2D eigenvalue weighted by Crippen LogP contribution is -2.55. The number of likely N-dealkylation sites (N-methyl/N-ethyl adjacent to an activating group) is 1. The van der Waals surface area contributed by atoms with Crippen molar-refractivity contribution in [1.82, 2.24) is 5.32 Å². The van der Waals surface area contributed by atoms with Crippen molar-refractivity contribution >= 4 is 11.6 Å². The van der Waals surface area contributed by atoms with Crippen molar-refractivity contribution in [3.8, 4) is 0 Å². The lowest BCUT2D eigenvalue weighted by atomic mass is 9.46. The van der Waals surface area contributed by atoms with Gasteiger partial charge in [0, 0.05) is 17.0 Å². The van der Waals surface area contributed by atoms with Crippen LogP contribution in [-0.2, 0) is 5.41 Å². The fourth-order valence-corrected chi connectivity index (χ4v) is 4.76. The van der Waals surface area contributed by atoms with Crippen LogP contribution in [0.4, 0.5) is 0 Å². The second-order valence-corrected chi connectivity index (χ2v) is 7.42. The van der Waals surface area contributed by atoms with Gasteiger partial charge in [0.1, 0.15) is 0 Å². The number of benzene rings is 1. The van der Waals surface area contributed by atoms with Gasteiger partial charge in [-0.25, -0.2) is 0 Å². The summed E-state index contributed by atoms with van der Waals surface area (Å²) in [5, 5.41) is 4.44. The van der Waals surface area contributed by atoms with Gasteiger partial charge in [-0.05, 0) is 55.3 Å². The van der Waals surface area contributed by atoms with E-state index < -0.39 is 0 Å². The first-order valence-corrected chi connectivity index (χ1v) is 8.53. The molecule has 0 aromatic heterocycles. The van der Waals surface area contributed by atoms with E-state index in [-0.39, 0.29) is 0 Å². The highest BCUT2D eigenvalue weighted by molar-refractivity contribution is 6.30. The first kappa shape index (κ1) is 14.4. The summed E-state index contributed by atoms with van der Waals surface area (Å²) in [6, 6.07) is 8.59. The number of rotatable bonds is 4. The fourth-order valence-electron chi connectivity index (χ4n) is 4.64. The van der Waals surface area contributed by atoms with Crippen molar-refractivity contribution in [3.05, 3.63) is 34.9 Å². The molecule has 0 unspecified atom stereocenters. The normalized spacial score (nSPS) is 23.5. The van der Waals surface area contributed by atoms with E-state index in [9.17, 15) is 0 Å². The molecule has 0 radical (unpaired) electrons. The van der Waals surface area contributed by atoms with Crippen LogP contribution in [-0.4, -0.2) is 13.1 Å². The third-order valence-electron chi connectivity index (χ3n) is 5.51. The Morgan fingerprint density at radius 3 is 2.30 bits per heavy atom. The maximum Gasteiger partial charge on any atom is 0.0406 e. The summed E-state index contributed by atoms with van der Waals surface area (Å²) in [5.74, 6) is 0. The summed E-state index contributed by atoms with van der Waals surface area (Å²) < 4.78 is 0. The minimum Gasteiger partial charge on any atom is -0.316 e. The zero-order valence-electron chi connectivity index (χ0n) is 12.6. The number of hydrogen-bond donors (Lipinski definition) is 1. The molecule has 3 rings (SSSR count). The molecule has 1 nitrogen and oxygen atoms in total. The van der Waals surface area contributed by atoms with E-state index in [2.05, 4.69) is 36.5 Å². The molecule has 0 bridgehead atoms. The van der Waals surface area contributed by atoms with E-state index in [1.807, 2.05) is 0 Å². The Hall–Kier alpha value is -0.530. The largest absolute Gasteiger partial charge is 0.316 e. The Kier molecular flexibility index (Phi) is 4.10. The summed E-state index contributed by atoms with van der Waals surface area (Å²) in [6.07, 6.45) is 9.98. The Bertz CT molecular complexity index is 437. The second kappa shape index (κ2) is 5.69. The quantitative estimate of drug-likeness (QED) is 0.829. The van der Waals surface area contributed by atoms with Crippen LogP contribution in [0.3, 0.4) is 0 Å². The van der Waals surface area contributed by atoms with Crippen molar-refractivity contribution in [3.63, 3.8) is 0 Å². The van der Waals surface area contributed by atoms with Gasteiger partial charge in [0.05, 0.1) is 0 Å². The van der Waals surface area contributed by atoms with E-state index in [0.29, 0.717) is 10.8 Å². The molecule has 1 aromatic rings. The van der Waals surface area contributed by atoms with Crippen LogP contribution in [0.25, 0.3) is 0 Å². The standard InChI is InChI=1S/C18H26ClN/c1-2-20-14-18(15-6-8-16(19)9-7-15)12-17(13-18)10-4-3-5-11-17/h6-9,20H,2-5,10-14H2,1H3. The SMILES string of the molecule is CCNCC1(c2ccc(Cl)cc2)CC2(CCCCC2)C1. The summed E-state index contributed by atoms with van der Waals surface area (Å²) in [6.45, 7) is 4.37. The topological polar surface area (TPSA) is 12.0 Å². The van der Waals surface area contributed by atoms with Crippen molar-refractivity contribution in [2.24, 2.45) is 5.41 Å². The summed E-state index contributed by atoms with van der Waals surface area (Å²) in [5.41, 5.74) is 2.50. The lowest BCUT2D eigenvalue weighted by molar-refractivity contribution is -0.0125. The van der Waals surface area contributed by atoms with Crippen molar-refractivity contribution in [2.75, 3.05) is 13.1 Å². The van der Waals surface area contributed by atoms with Gasteiger partial charge in [0.15, 0.2) is 0 Å². The molecule has 2 heteroatoms. The molecule has 1 spiro atoms. The fraction of sp³-hybridized carbons (Fsp3) is 0.667. The molecule has 2 aliphatic carbocycles. The van der Waals surface area contributed by atoms with Gasteiger partial charge < -0.3 is 5.32 Å². The highest BCUT2D eigenvalue weighted by Gasteiger charge is 2.54. The van der Waals surface area contributed by atoms with Crippen LogP contribution in [0.2, 0.25) is 5.02 Å². The molecular formula is C18H26ClN. The third-order valence-corrected chi connectivity index (χ3v) is 5.76. The van der Waals surface area contributed by atoms with Gasteiger partial charge in [-0.15, -0.1) is 0 Å². The first-order chi connectivity index (χ1) is 9.68. The molecule has 2 saturated carbocycles. The third kappa shape index (κ3) is 2.63. The van der Waals surface area contributed by atoms with Crippen LogP contribution in [0.1, 0.15) is 57.4 Å². The van der Waals surface area contributed by atoms with Crippen molar-refractivity contribution in [2.45, 2.75) is 57.3 Å². The first-order valence-electron chi connectivity index (χ1n) is 8.15. The lowest BCUT2D eigenvalue weighted by Gasteiger charge is -2.59. The van der Waals surface area contributed by atoms with E-state index in [1.54, 1.807) is 0 Å². The molecule has 0 saturated heterocycles. The Morgan fingerprint density at radius 2 is 1.70 bits per heavy atom. The second-order valence-electron chi connectivity index (χ2n) is 6.98. The highest BCUT2D eigenvalue weighted by Crippen LogP contribution is 2.61.